The maximum Gasteiger partial charge on any atom is 0.0614 e. The van der Waals surface area contributed by atoms with Crippen LogP contribution in [0.25, 0.3) is 0 Å². The van der Waals surface area contributed by atoms with Gasteiger partial charge in [0.15, 0.2) is 0 Å². The Bertz CT molecular complexity index is 362. The molecule has 0 amide bonds. The Morgan fingerprint density at radius 2 is 1.93 bits per heavy atom. The van der Waals surface area contributed by atoms with Gasteiger partial charge in [-0.05, 0) is 24.5 Å². The maximum atomic E-state index is 5.91. The summed E-state index contributed by atoms with van der Waals surface area (Å²) in [6.07, 6.45) is 3.96. The molecule has 1 aromatic rings. The highest BCUT2D eigenvalue weighted by Gasteiger charge is 2.20. The van der Waals surface area contributed by atoms with Gasteiger partial charge in [-0.25, -0.2) is 0 Å². The summed E-state index contributed by atoms with van der Waals surface area (Å²) >= 11 is 11.8. The second-order valence-electron chi connectivity index (χ2n) is 4.01. The van der Waals surface area contributed by atoms with Crippen molar-refractivity contribution in [3.8, 4) is 0 Å². The normalized spacial score (nSPS) is 15.3. The number of halogens is 2. The molecule has 0 aromatic heterocycles. The number of anilines is 2. The predicted octanol–water partition coefficient (Wildman–Crippen LogP) is 3.79. The van der Waals surface area contributed by atoms with E-state index in [0.717, 1.165) is 18.2 Å². The Balaban J connectivity index is 1.96. The van der Waals surface area contributed by atoms with E-state index >= 15 is 0 Å². The van der Waals surface area contributed by atoms with Crippen molar-refractivity contribution >= 4 is 34.6 Å². The molecule has 1 aromatic carbocycles. The van der Waals surface area contributed by atoms with Crippen LogP contribution in [0.15, 0.2) is 12.1 Å². The van der Waals surface area contributed by atoms with Crippen LogP contribution in [-0.4, -0.2) is 6.54 Å². The van der Waals surface area contributed by atoms with Gasteiger partial charge in [-0.2, -0.15) is 0 Å². The highest BCUT2D eigenvalue weighted by atomic mass is 35.5. The highest BCUT2D eigenvalue weighted by Crippen LogP contribution is 2.33. The molecule has 1 aliphatic carbocycles. The number of hydrogen-bond donors (Lipinski definition) is 2. The van der Waals surface area contributed by atoms with Crippen molar-refractivity contribution < 1.29 is 0 Å². The van der Waals surface area contributed by atoms with Crippen molar-refractivity contribution in [3.63, 3.8) is 0 Å². The summed E-state index contributed by atoms with van der Waals surface area (Å²) in [6.45, 7) is 0.951. The van der Waals surface area contributed by atoms with Crippen LogP contribution in [-0.2, 0) is 0 Å². The van der Waals surface area contributed by atoms with Crippen molar-refractivity contribution in [2.24, 2.45) is 5.92 Å². The molecule has 0 bridgehead atoms. The molecule has 0 heterocycles. The first-order valence-corrected chi connectivity index (χ1v) is 5.91. The third kappa shape index (κ3) is 2.93. The van der Waals surface area contributed by atoms with Crippen LogP contribution in [0.1, 0.15) is 19.3 Å². The Morgan fingerprint density at radius 1 is 1.27 bits per heavy atom. The molecule has 0 radical (unpaired) electrons. The summed E-state index contributed by atoms with van der Waals surface area (Å²) in [5.41, 5.74) is 7.35. The lowest BCUT2D eigenvalue weighted by Gasteiger charge is -2.10. The average molecular weight is 245 g/mol. The second kappa shape index (κ2) is 4.50. The molecule has 0 spiro atoms. The molecule has 15 heavy (non-hydrogen) atoms. The molecule has 0 saturated heterocycles. The molecule has 0 aliphatic heterocycles. The summed E-state index contributed by atoms with van der Waals surface area (Å²) in [5.74, 6) is 0.918. The molecular formula is C11H14Cl2N2. The van der Waals surface area contributed by atoms with Gasteiger partial charge in [0.05, 0.1) is 21.4 Å². The zero-order valence-electron chi connectivity index (χ0n) is 8.39. The Kier molecular flexibility index (Phi) is 3.27. The number of nitrogen functional groups attached to an aromatic ring is 1. The lowest BCUT2D eigenvalue weighted by atomic mass is 10.2. The molecule has 0 atom stereocenters. The van der Waals surface area contributed by atoms with Crippen LogP contribution in [0, 0.1) is 5.92 Å². The number of hydrogen-bond acceptors (Lipinski definition) is 2. The van der Waals surface area contributed by atoms with E-state index in [9.17, 15) is 0 Å². The lowest BCUT2D eigenvalue weighted by Crippen LogP contribution is -2.04. The van der Waals surface area contributed by atoms with Gasteiger partial charge in [-0.15, -0.1) is 0 Å². The quantitative estimate of drug-likeness (QED) is 0.792. The van der Waals surface area contributed by atoms with Gasteiger partial charge >= 0.3 is 0 Å². The van der Waals surface area contributed by atoms with Crippen LogP contribution < -0.4 is 11.1 Å². The van der Waals surface area contributed by atoms with Gasteiger partial charge < -0.3 is 11.1 Å². The monoisotopic (exact) mass is 244 g/mol. The summed E-state index contributed by atoms with van der Waals surface area (Å²) in [6, 6.07) is 3.47. The van der Waals surface area contributed by atoms with E-state index in [4.69, 9.17) is 28.9 Å². The van der Waals surface area contributed by atoms with Gasteiger partial charge in [-0.3, -0.25) is 0 Å². The van der Waals surface area contributed by atoms with Crippen molar-refractivity contribution in [3.05, 3.63) is 22.2 Å². The summed E-state index contributed by atoms with van der Waals surface area (Å²) < 4.78 is 0. The summed E-state index contributed by atoms with van der Waals surface area (Å²) in [7, 11) is 0. The third-order valence-electron chi connectivity index (χ3n) is 2.66. The van der Waals surface area contributed by atoms with Gasteiger partial charge in [0.25, 0.3) is 0 Å². The van der Waals surface area contributed by atoms with E-state index < -0.39 is 0 Å². The molecule has 4 heteroatoms. The Morgan fingerprint density at radius 3 is 2.60 bits per heavy atom. The van der Waals surface area contributed by atoms with Crippen molar-refractivity contribution in [1.29, 1.82) is 0 Å². The van der Waals surface area contributed by atoms with E-state index in [1.54, 1.807) is 12.1 Å². The number of benzene rings is 1. The number of nitrogens with two attached hydrogens (primary N) is 1. The molecule has 2 rings (SSSR count). The van der Waals surface area contributed by atoms with Gasteiger partial charge in [0, 0.05) is 6.54 Å². The fourth-order valence-corrected chi connectivity index (χ4v) is 1.87. The molecule has 1 saturated carbocycles. The summed E-state index contributed by atoms with van der Waals surface area (Å²) in [4.78, 5) is 0. The standard InChI is InChI=1S/C11H14Cl2N2/c12-8-5-10(14)11(6-9(8)13)15-4-3-7-1-2-7/h5-7,15H,1-4,14H2. The SMILES string of the molecule is Nc1cc(Cl)c(Cl)cc1NCCC1CC1. The van der Waals surface area contributed by atoms with Crippen molar-refractivity contribution in [2.75, 3.05) is 17.6 Å². The second-order valence-corrected chi connectivity index (χ2v) is 4.83. The predicted molar refractivity (Wildman–Crippen MR) is 66.7 cm³/mol. The zero-order chi connectivity index (χ0) is 10.8. The molecule has 82 valence electrons. The fraction of sp³-hybridized carbons (Fsp3) is 0.455. The van der Waals surface area contributed by atoms with E-state index in [1.807, 2.05) is 0 Å². The Hall–Kier alpha value is -0.600. The van der Waals surface area contributed by atoms with Crippen LogP contribution in [0.5, 0.6) is 0 Å². The van der Waals surface area contributed by atoms with Crippen LogP contribution in [0.4, 0.5) is 11.4 Å². The van der Waals surface area contributed by atoms with E-state index in [0.29, 0.717) is 15.7 Å². The molecular weight excluding hydrogens is 231 g/mol. The Labute approximate surface area is 99.7 Å². The van der Waals surface area contributed by atoms with Crippen molar-refractivity contribution in [1.82, 2.24) is 0 Å². The minimum atomic E-state index is 0.502. The van der Waals surface area contributed by atoms with Crippen LogP contribution >= 0.6 is 23.2 Å². The van der Waals surface area contributed by atoms with E-state index in [-0.39, 0.29) is 0 Å². The minimum Gasteiger partial charge on any atom is -0.397 e. The molecule has 3 N–H and O–H groups in total. The van der Waals surface area contributed by atoms with Crippen LogP contribution in [0.2, 0.25) is 10.0 Å². The summed E-state index contributed by atoms with van der Waals surface area (Å²) in [5, 5.41) is 4.33. The number of rotatable bonds is 4. The van der Waals surface area contributed by atoms with Crippen LogP contribution in [0.3, 0.4) is 0 Å². The van der Waals surface area contributed by atoms with Gasteiger partial charge in [0.2, 0.25) is 0 Å². The molecule has 1 fully saturated rings. The first-order valence-electron chi connectivity index (χ1n) is 5.15. The molecule has 2 nitrogen and oxygen atoms in total. The lowest BCUT2D eigenvalue weighted by molar-refractivity contribution is 0.760. The zero-order valence-corrected chi connectivity index (χ0v) is 9.91. The maximum absolute atomic E-state index is 5.91. The molecule has 1 aliphatic rings. The number of nitrogens with one attached hydrogen (secondary N) is 1. The largest absolute Gasteiger partial charge is 0.397 e. The topological polar surface area (TPSA) is 38.0 Å². The average Bonchev–Trinajstić information content (AvgIpc) is 2.97. The first-order chi connectivity index (χ1) is 7.16. The molecule has 0 unspecified atom stereocenters. The minimum absolute atomic E-state index is 0.502. The highest BCUT2D eigenvalue weighted by molar-refractivity contribution is 6.42. The van der Waals surface area contributed by atoms with Gasteiger partial charge in [-0.1, -0.05) is 36.0 Å². The fourth-order valence-electron chi connectivity index (χ4n) is 1.53. The van der Waals surface area contributed by atoms with Gasteiger partial charge in [0.1, 0.15) is 0 Å². The third-order valence-corrected chi connectivity index (χ3v) is 3.38. The van der Waals surface area contributed by atoms with Crippen molar-refractivity contribution in [2.45, 2.75) is 19.3 Å². The van der Waals surface area contributed by atoms with E-state index in [1.165, 1.54) is 19.3 Å². The first kappa shape index (κ1) is 10.9. The smallest absolute Gasteiger partial charge is 0.0614 e. The van der Waals surface area contributed by atoms with E-state index in [2.05, 4.69) is 5.32 Å².